The summed E-state index contributed by atoms with van der Waals surface area (Å²) in [6.07, 6.45) is 1.82. The molecule has 0 bridgehead atoms. The Bertz CT molecular complexity index is 698. The summed E-state index contributed by atoms with van der Waals surface area (Å²) in [5.41, 5.74) is 10.5. The predicted octanol–water partition coefficient (Wildman–Crippen LogP) is 2.63. The number of pyridine rings is 1. The van der Waals surface area contributed by atoms with Crippen molar-refractivity contribution in [1.82, 2.24) is 15.0 Å². The first-order valence-corrected chi connectivity index (χ1v) is 6.37. The zero-order valence-electron chi connectivity index (χ0n) is 10.9. The minimum absolute atomic E-state index is 0.798. The Morgan fingerprint density at radius 2 is 1.79 bits per heavy atom. The van der Waals surface area contributed by atoms with E-state index in [4.69, 9.17) is 5.73 Å². The second kappa shape index (κ2) is 4.72. The predicted molar refractivity (Wildman–Crippen MR) is 76.9 cm³/mol. The first kappa shape index (κ1) is 11.7. The summed E-state index contributed by atoms with van der Waals surface area (Å²) in [5.74, 6) is 0.977. The molecule has 3 rings (SSSR count). The van der Waals surface area contributed by atoms with Gasteiger partial charge in [-0.15, -0.1) is 0 Å². The van der Waals surface area contributed by atoms with E-state index in [9.17, 15) is 0 Å². The minimum Gasteiger partial charge on any atom is -0.399 e. The SMILES string of the molecule is Cc1ccc2[nH]c(CCc3ccc(N)cc3)nc2n1. The van der Waals surface area contributed by atoms with Crippen LogP contribution in [0.25, 0.3) is 11.2 Å². The molecular formula is C15H16N4. The van der Waals surface area contributed by atoms with E-state index < -0.39 is 0 Å². The number of aromatic amines is 1. The topological polar surface area (TPSA) is 67.6 Å². The number of aryl methyl sites for hydroxylation is 3. The summed E-state index contributed by atoms with van der Waals surface area (Å²) < 4.78 is 0. The molecule has 2 heterocycles. The number of hydrogen-bond donors (Lipinski definition) is 2. The highest BCUT2D eigenvalue weighted by Gasteiger charge is 2.04. The molecule has 0 saturated heterocycles. The maximum absolute atomic E-state index is 5.67. The van der Waals surface area contributed by atoms with Crippen molar-refractivity contribution in [3.63, 3.8) is 0 Å². The van der Waals surface area contributed by atoms with Gasteiger partial charge < -0.3 is 10.7 Å². The van der Waals surface area contributed by atoms with Gasteiger partial charge >= 0.3 is 0 Å². The van der Waals surface area contributed by atoms with Crippen molar-refractivity contribution in [3.8, 4) is 0 Å². The molecule has 0 aliphatic rings. The number of H-pyrrole nitrogens is 1. The average Bonchev–Trinajstić information content (AvgIpc) is 2.80. The quantitative estimate of drug-likeness (QED) is 0.704. The number of hydrogen-bond acceptors (Lipinski definition) is 3. The lowest BCUT2D eigenvalue weighted by Gasteiger charge is -1.99. The van der Waals surface area contributed by atoms with Crippen molar-refractivity contribution >= 4 is 16.9 Å². The Balaban J connectivity index is 1.76. The van der Waals surface area contributed by atoms with Gasteiger partial charge in [0.05, 0.1) is 5.52 Å². The van der Waals surface area contributed by atoms with Crippen LogP contribution in [0.5, 0.6) is 0 Å². The van der Waals surface area contributed by atoms with Crippen LogP contribution in [-0.4, -0.2) is 15.0 Å². The first-order valence-electron chi connectivity index (χ1n) is 6.37. The molecule has 0 radical (unpaired) electrons. The number of nitrogens with zero attached hydrogens (tertiary/aromatic N) is 2. The monoisotopic (exact) mass is 252 g/mol. The fraction of sp³-hybridized carbons (Fsp3) is 0.200. The largest absolute Gasteiger partial charge is 0.399 e. The molecule has 19 heavy (non-hydrogen) atoms. The number of anilines is 1. The molecule has 0 atom stereocenters. The van der Waals surface area contributed by atoms with Crippen LogP contribution in [0.2, 0.25) is 0 Å². The van der Waals surface area contributed by atoms with E-state index in [2.05, 4.69) is 27.1 Å². The molecule has 3 aromatic rings. The zero-order valence-corrected chi connectivity index (χ0v) is 10.9. The number of nitrogens with two attached hydrogens (primary N) is 1. The number of imidazole rings is 1. The third-order valence-electron chi connectivity index (χ3n) is 3.16. The second-order valence-electron chi connectivity index (χ2n) is 4.75. The van der Waals surface area contributed by atoms with Gasteiger partial charge in [-0.05, 0) is 43.2 Å². The molecule has 0 aliphatic carbocycles. The van der Waals surface area contributed by atoms with Gasteiger partial charge in [0.1, 0.15) is 5.82 Å². The Kier molecular flexibility index (Phi) is 2.91. The molecule has 3 N–H and O–H groups in total. The number of rotatable bonds is 3. The van der Waals surface area contributed by atoms with Crippen LogP contribution in [-0.2, 0) is 12.8 Å². The van der Waals surface area contributed by atoms with E-state index in [1.54, 1.807) is 0 Å². The van der Waals surface area contributed by atoms with Crippen LogP contribution < -0.4 is 5.73 Å². The van der Waals surface area contributed by atoms with Crippen LogP contribution in [0.15, 0.2) is 36.4 Å². The van der Waals surface area contributed by atoms with E-state index >= 15 is 0 Å². The highest BCUT2D eigenvalue weighted by molar-refractivity contribution is 5.70. The minimum atomic E-state index is 0.798. The molecule has 2 aromatic heterocycles. The van der Waals surface area contributed by atoms with E-state index in [0.717, 1.165) is 41.2 Å². The van der Waals surface area contributed by atoms with Crippen molar-refractivity contribution in [2.24, 2.45) is 0 Å². The van der Waals surface area contributed by atoms with Gasteiger partial charge in [-0.3, -0.25) is 0 Å². The fourth-order valence-electron chi connectivity index (χ4n) is 2.10. The van der Waals surface area contributed by atoms with E-state index in [-0.39, 0.29) is 0 Å². The van der Waals surface area contributed by atoms with Crippen molar-refractivity contribution in [3.05, 3.63) is 53.5 Å². The Morgan fingerprint density at radius 1 is 1.00 bits per heavy atom. The summed E-state index contributed by atoms with van der Waals surface area (Å²) >= 11 is 0. The van der Waals surface area contributed by atoms with E-state index in [1.807, 2.05) is 31.2 Å². The van der Waals surface area contributed by atoms with Gasteiger partial charge in [-0.1, -0.05) is 12.1 Å². The molecule has 4 nitrogen and oxygen atoms in total. The van der Waals surface area contributed by atoms with Crippen LogP contribution in [0, 0.1) is 6.92 Å². The average molecular weight is 252 g/mol. The van der Waals surface area contributed by atoms with Crippen LogP contribution >= 0.6 is 0 Å². The number of fused-ring (bicyclic) bond motifs is 1. The van der Waals surface area contributed by atoms with Gasteiger partial charge in [0.15, 0.2) is 5.65 Å². The summed E-state index contributed by atoms with van der Waals surface area (Å²) in [5, 5.41) is 0. The number of nitrogens with one attached hydrogen (secondary N) is 1. The maximum atomic E-state index is 5.67. The van der Waals surface area contributed by atoms with Crippen LogP contribution in [0.3, 0.4) is 0 Å². The highest BCUT2D eigenvalue weighted by Crippen LogP contribution is 2.12. The van der Waals surface area contributed by atoms with Crippen LogP contribution in [0.1, 0.15) is 17.1 Å². The lowest BCUT2D eigenvalue weighted by Crippen LogP contribution is -1.94. The molecule has 96 valence electrons. The third kappa shape index (κ3) is 2.57. The molecule has 0 aliphatic heterocycles. The van der Waals surface area contributed by atoms with Crippen molar-refractivity contribution < 1.29 is 0 Å². The third-order valence-corrected chi connectivity index (χ3v) is 3.16. The van der Waals surface area contributed by atoms with Crippen molar-refractivity contribution in [2.75, 3.05) is 5.73 Å². The van der Waals surface area contributed by atoms with Gasteiger partial charge in [0.2, 0.25) is 0 Å². The standard InChI is InChI=1S/C15H16N4/c1-10-2-8-13-15(17-10)19-14(18-13)9-5-11-3-6-12(16)7-4-11/h2-4,6-8H,5,9,16H2,1H3,(H,17,18,19). The summed E-state index contributed by atoms with van der Waals surface area (Å²) in [6, 6.07) is 12.0. The molecule has 0 unspecified atom stereocenters. The summed E-state index contributed by atoms with van der Waals surface area (Å²) in [7, 11) is 0. The van der Waals surface area contributed by atoms with Gasteiger partial charge in [-0.25, -0.2) is 9.97 Å². The molecule has 0 saturated carbocycles. The fourth-order valence-corrected chi connectivity index (χ4v) is 2.10. The van der Waals surface area contributed by atoms with Crippen LogP contribution in [0.4, 0.5) is 5.69 Å². The molecule has 0 fully saturated rings. The van der Waals surface area contributed by atoms with E-state index in [0.29, 0.717) is 0 Å². The Hall–Kier alpha value is -2.36. The lowest BCUT2D eigenvalue weighted by atomic mass is 10.1. The molecule has 1 aromatic carbocycles. The molecule has 4 heteroatoms. The van der Waals surface area contributed by atoms with E-state index in [1.165, 1.54) is 5.56 Å². The Morgan fingerprint density at radius 3 is 2.58 bits per heavy atom. The molecule has 0 spiro atoms. The zero-order chi connectivity index (χ0) is 13.2. The second-order valence-corrected chi connectivity index (χ2v) is 4.75. The number of nitrogen functional groups attached to an aromatic ring is 1. The first-order chi connectivity index (χ1) is 9.20. The smallest absolute Gasteiger partial charge is 0.177 e. The number of benzene rings is 1. The summed E-state index contributed by atoms with van der Waals surface area (Å²) in [4.78, 5) is 12.2. The summed E-state index contributed by atoms with van der Waals surface area (Å²) in [6.45, 7) is 1.97. The highest BCUT2D eigenvalue weighted by atomic mass is 15.0. The molecule has 0 amide bonds. The normalized spacial score (nSPS) is 11.0. The van der Waals surface area contributed by atoms with Crippen molar-refractivity contribution in [2.45, 2.75) is 19.8 Å². The molecular weight excluding hydrogens is 236 g/mol. The number of aromatic nitrogens is 3. The Labute approximate surface area is 111 Å². The van der Waals surface area contributed by atoms with Gasteiger partial charge in [0, 0.05) is 17.8 Å². The van der Waals surface area contributed by atoms with Gasteiger partial charge in [-0.2, -0.15) is 0 Å². The maximum Gasteiger partial charge on any atom is 0.177 e. The van der Waals surface area contributed by atoms with Crippen molar-refractivity contribution in [1.29, 1.82) is 0 Å². The lowest BCUT2D eigenvalue weighted by molar-refractivity contribution is 0.889. The van der Waals surface area contributed by atoms with Gasteiger partial charge in [0.25, 0.3) is 0 Å².